The number of rotatable bonds is 2. The second kappa shape index (κ2) is 3.82. The van der Waals surface area contributed by atoms with Crippen molar-refractivity contribution in [3.05, 3.63) is 22.2 Å². The number of hydrogen-bond acceptors (Lipinski definition) is 3. The molecule has 74 valence electrons. The van der Waals surface area contributed by atoms with Crippen LogP contribution < -0.4 is 0 Å². The average molecular weight is 272 g/mol. The Morgan fingerprint density at radius 1 is 1.50 bits per heavy atom. The van der Waals surface area contributed by atoms with Crippen LogP contribution in [0.2, 0.25) is 0 Å². The van der Waals surface area contributed by atoms with Crippen LogP contribution in [0.15, 0.2) is 22.2 Å². The molecule has 0 aliphatic rings. The molecule has 0 spiro atoms. The van der Waals surface area contributed by atoms with Gasteiger partial charge in [0, 0.05) is 10.5 Å². The van der Waals surface area contributed by atoms with Gasteiger partial charge in [0.15, 0.2) is 5.82 Å². The fraction of sp³-hybridized carbons (Fsp3) is 0.333. The van der Waals surface area contributed by atoms with E-state index >= 15 is 0 Å². The van der Waals surface area contributed by atoms with E-state index in [0.717, 1.165) is 15.2 Å². The lowest BCUT2D eigenvalue weighted by Crippen LogP contribution is -2.00. The van der Waals surface area contributed by atoms with E-state index in [1.165, 1.54) is 0 Å². The number of nitrogens with zero attached hydrogens (tertiary/aromatic N) is 3. The molecule has 2 heterocycles. The zero-order valence-electron chi connectivity index (χ0n) is 7.94. The highest BCUT2D eigenvalue weighted by atomic mass is 79.9. The molecule has 0 bridgehead atoms. The van der Waals surface area contributed by atoms with Gasteiger partial charge in [-0.3, -0.25) is 0 Å². The molecule has 0 aliphatic carbocycles. The molecular weight excluding hydrogens is 262 g/mol. The normalized spacial score (nSPS) is 11.1. The third-order valence-electron chi connectivity index (χ3n) is 1.95. The Kier molecular flexibility index (Phi) is 2.69. The predicted octanol–water partition coefficient (Wildman–Crippen LogP) is 3.35. The van der Waals surface area contributed by atoms with Gasteiger partial charge in [0.2, 0.25) is 0 Å². The fourth-order valence-corrected chi connectivity index (χ4v) is 2.77. The Balaban J connectivity index is 2.52. The Labute approximate surface area is 94.9 Å². The molecule has 2 aromatic rings. The standard InChI is InChI=1S/C9H10BrN3S/c1-6(2)13-5-11-12-9(13)8-7(10)3-4-14-8/h3-6H,1-2H3. The summed E-state index contributed by atoms with van der Waals surface area (Å²) >= 11 is 5.17. The van der Waals surface area contributed by atoms with Gasteiger partial charge < -0.3 is 4.57 Å². The number of hydrogen-bond donors (Lipinski definition) is 0. The van der Waals surface area contributed by atoms with E-state index < -0.39 is 0 Å². The van der Waals surface area contributed by atoms with Crippen molar-refractivity contribution in [1.82, 2.24) is 14.8 Å². The van der Waals surface area contributed by atoms with Gasteiger partial charge in [-0.05, 0) is 41.2 Å². The van der Waals surface area contributed by atoms with Crippen LogP contribution >= 0.6 is 27.3 Å². The van der Waals surface area contributed by atoms with E-state index in [-0.39, 0.29) is 0 Å². The topological polar surface area (TPSA) is 30.7 Å². The molecule has 0 aliphatic heterocycles. The molecule has 2 rings (SSSR count). The second-order valence-electron chi connectivity index (χ2n) is 3.25. The van der Waals surface area contributed by atoms with Crippen molar-refractivity contribution in [3.63, 3.8) is 0 Å². The van der Waals surface area contributed by atoms with Crippen molar-refractivity contribution >= 4 is 27.3 Å². The van der Waals surface area contributed by atoms with E-state index in [1.807, 2.05) is 11.4 Å². The van der Waals surface area contributed by atoms with Crippen molar-refractivity contribution in [2.45, 2.75) is 19.9 Å². The summed E-state index contributed by atoms with van der Waals surface area (Å²) in [6, 6.07) is 2.41. The van der Waals surface area contributed by atoms with Crippen LogP contribution in [0.25, 0.3) is 10.7 Å². The van der Waals surface area contributed by atoms with Crippen molar-refractivity contribution in [1.29, 1.82) is 0 Å². The largest absolute Gasteiger partial charge is 0.310 e. The third kappa shape index (κ3) is 1.62. The first-order valence-electron chi connectivity index (χ1n) is 4.33. The zero-order valence-corrected chi connectivity index (χ0v) is 10.3. The maximum atomic E-state index is 4.13. The molecule has 2 aromatic heterocycles. The highest BCUT2D eigenvalue weighted by molar-refractivity contribution is 9.10. The fourth-order valence-electron chi connectivity index (χ4n) is 1.24. The first-order chi connectivity index (χ1) is 6.70. The van der Waals surface area contributed by atoms with E-state index in [9.17, 15) is 0 Å². The Morgan fingerprint density at radius 3 is 2.86 bits per heavy atom. The quantitative estimate of drug-likeness (QED) is 0.839. The molecule has 0 unspecified atom stereocenters. The average Bonchev–Trinajstić information content (AvgIpc) is 2.70. The highest BCUT2D eigenvalue weighted by Crippen LogP contribution is 2.32. The van der Waals surface area contributed by atoms with Crippen LogP contribution in [0.1, 0.15) is 19.9 Å². The molecule has 3 nitrogen and oxygen atoms in total. The second-order valence-corrected chi connectivity index (χ2v) is 5.02. The Morgan fingerprint density at radius 2 is 2.29 bits per heavy atom. The Hall–Kier alpha value is -0.680. The van der Waals surface area contributed by atoms with Gasteiger partial charge in [0.1, 0.15) is 6.33 Å². The van der Waals surface area contributed by atoms with Gasteiger partial charge in [0.05, 0.1) is 4.88 Å². The highest BCUT2D eigenvalue weighted by Gasteiger charge is 2.13. The summed E-state index contributed by atoms with van der Waals surface area (Å²) in [5, 5.41) is 10.1. The summed E-state index contributed by atoms with van der Waals surface area (Å²) in [5.41, 5.74) is 0. The third-order valence-corrected chi connectivity index (χ3v) is 3.78. The molecule has 5 heteroatoms. The molecule has 0 saturated carbocycles. The summed E-state index contributed by atoms with van der Waals surface area (Å²) in [5.74, 6) is 0.932. The molecule has 0 fully saturated rings. The maximum absolute atomic E-state index is 4.13. The van der Waals surface area contributed by atoms with Crippen molar-refractivity contribution in [2.75, 3.05) is 0 Å². The van der Waals surface area contributed by atoms with Crippen LogP contribution in [-0.2, 0) is 0 Å². The van der Waals surface area contributed by atoms with Crippen molar-refractivity contribution in [2.24, 2.45) is 0 Å². The summed E-state index contributed by atoms with van der Waals surface area (Å²) in [4.78, 5) is 1.14. The minimum atomic E-state index is 0.383. The first-order valence-corrected chi connectivity index (χ1v) is 6.00. The van der Waals surface area contributed by atoms with Gasteiger partial charge in [0.25, 0.3) is 0 Å². The van der Waals surface area contributed by atoms with E-state index in [2.05, 4.69) is 44.5 Å². The number of halogens is 1. The number of aromatic nitrogens is 3. The van der Waals surface area contributed by atoms with Crippen LogP contribution in [0, 0.1) is 0 Å². The molecule has 14 heavy (non-hydrogen) atoms. The summed E-state index contributed by atoms with van der Waals surface area (Å²) < 4.78 is 3.15. The van der Waals surface area contributed by atoms with Crippen LogP contribution in [-0.4, -0.2) is 14.8 Å². The van der Waals surface area contributed by atoms with Gasteiger partial charge in [-0.25, -0.2) is 0 Å². The molecular formula is C9H10BrN3S. The summed E-state index contributed by atoms with van der Waals surface area (Å²) in [6.07, 6.45) is 1.77. The molecule has 0 amide bonds. The van der Waals surface area contributed by atoms with E-state index in [0.29, 0.717) is 6.04 Å². The first kappa shape index (κ1) is 9.86. The van der Waals surface area contributed by atoms with Gasteiger partial charge in [-0.15, -0.1) is 21.5 Å². The predicted molar refractivity (Wildman–Crippen MR) is 61.4 cm³/mol. The van der Waals surface area contributed by atoms with Gasteiger partial charge >= 0.3 is 0 Å². The Bertz CT molecular complexity index is 433. The van der Waals surface area contributed by atoms with Gasteiger partial charge in [-0.1, -0.05) is 0 Å². The van der Waals surface area contributed by atoms with E-state index in [1.54, 1.807) is 17.7 Å². The van der Waals surface area contributed by atoms with Crippen molar-refractivity contribution in [3.8, 4) is 10.7 Å². The maximum Gasteiger partial charge on any atom is 0.175 e. The zero-order chi connectivity index (χ0) is 10.1. The molecule has 0 aromatic carbocycles. The lowest BCUT2D eigenvalue weighted by Gasteiger charge is -2.08. The van der Waals surface area contributed by atoms with Crippen LogP contribution in [0.4, 0.5) is 0 Å². The molecule has 0 atom stereocenters. The minimum Gasteiger partial charge on any atom is -0.310 e. The minimum absolute atomic E-state index is 0.383. The monoisotopic (exact) mass is 271 g/mol. The molecule has 0 saturated heterocycles. The molecule has 0 N–H and O–H groups in total. The lowest BCUT2D eigenvalue weighted by molar-refractivity contribution is 0.604. The summed E-state index contributed by atoms with van der Waals surface area (Å²) in [6.45, 7) is 4.24. The smallest absolute Gasteiger partial charge is 0.175 e. The SMILES string of the molecule is CC(C)n1cnnc1-c1sccc1Br. The molecule has 0 radical (unpaired) electrons. The number of thiophene rings is 1. The van der Waals surface area contributed by atoms with Gasteiger partial charge in [-0.2, -0.15) is 0 Å². The lowest BCUT2D eigenvalue weighted by atomic mass is 10.3. The summed E-state index contributed by atoms with van der Waals surface area (Å²) in [7, 11) is 0. The van der Waals surface area contributed by atoms with Crippen LogP contribution in [0.3, 0.4) is 0 Å². The van der Waals surface area contributed by atoms with E-state index in [4.69, 9.17) is 0 Å². The van der Waals surface area contributed by atoms with Crippen LogP contribution in [0.5, 0.6) is 0 Å². The van der Waals surface area contributed by atoms with Crippen molar-refractivity contribution < 1.29 is 0 Å².